The molecule has 0 bridgehead atoms. The Kier molecular flexibility index (Phi) is 4.38. The van der Waals surface area contributed by atoms with E-state index in [1.54, 1.807) is 6.26 Å². The minimum absolute atomic E-state index is 0.633. The summed E-state index contributed by atoms with van der Waals surface area (Å²) in [6.45, 7) is 14.6. The van der Waals surface area contributed by atoms with Crippen LogP contribution in [0.1, 0.15) is 19.6 Å². The lowest BCUT2D eigenvalue weighted by Crippen LogP contribution is -2.50. The van der Waals surface area contributed by atoms with Crippen LogP contribution < -0.4 is 0 Å². The molecule has 0 fully saturated rings. The largest absolute Gasteiger partial charge is 0.527 e. The fraction of sp³-hybridized carbons (Fsp3) is 0.500. The number of rotatable bonds is 6. The SMILES string of the molecule is C=C(O[Si](C)(C)N(CC)CC)c1ccco1. The van der Waals surface area contributed by atoms with Gasteiger partial charge in [-0.3, -0.25) is 4.57 Å². The second kappa shape index (κ2) is 5.36. The summed E-state index contributed by atoms with van der Waals surface area (Å²) in [4.78, 5) is 0. The van der Waals surface area contributed by atoms with E-state index in [0.717, 1.165) is 13.1 Å². The molecule has 0 aromatic carbocycles. The van der Waals surface area contributed by atoms with Crippen LogP contribution in [0.5, 0.6) is 0 Å². The molecule has 0 unspecified atom stereocenters. The van der Waals surface area contributed by atoms with Crippen molar-refractivity contribution in [3.05, 3.63) is 30.7 Å². The monoisotopic (exact) mass is 239 g/mol. The maximum atomic E-state index is 6.00. The van der Waals surface area contributed by atoms with Crippen molar-refractivity contribution in [2.75, 3.05) is 13.1 Å². The lowest BCUT2D eigenvalue weighted by molar-refractivity contribution is 0.350. The van der Waals surface area contributed by atoms with Crippen molar-refractivity contribution < 1.29 is 8.84 Å². The summed E-state index contributed by atoms with van der Waals surface area (Å²) >= 11 is 0. The van der Waals surface area contributed by atoms with Gasteiger partial charge >= 0.3 is 8.48 Å². The third-order valence-corrected chi connectivity index (χ3v) is 5.60. The van der Waals surface area contributed by atoms with Gasteiger partial charge in [-0.2, -0.15) is 0 Å². The molecular weight excluding hydrogens is 218 g/mol. The van der Waals surface area contributed by atoms with E-state index in [-0.39, 0.29) is 0 Å². The molecule has 1 aromatic rings. The summed E-state index contributed by atoms with van der Waals surface area (Å²) in [7, 11) is -1.88. The molecule has 0 saturated carbocycles. The van der Waals surface area contributed by atoms with Crippen molar-refractivity contribution in [3.8, 4) is 0 Å². The van der Waals surface area contributed by atoms with Crippen LogP contribution >= 0.6 is 0 Å². The van der Waals surface area contributed by atoms with E-state index in [0.29, 0.717) is 11.5 Å². The normalized spacial score (nSPS) is 11.8. The molecule has 4 heteroatoms. The zero-order chi connectivity index (χ0) is 12.2. The minimum Gasteiger partial charge on any atom is -0.527 e. The molecule has 3 nitrogen and oxygen atoms in total. The lowest BCUT2D eigenvalue weighted by Gasteiger charge is -2.34. The standard InChI is InChI=1S/C12H21NO2Si/c1-6-13(7-2)16(4,5)15-11(3)12-9-8-10-14-12/h8-10H,3,6-7H2,1-2,4-5H3. The van der Waals surface area contributed by atoms with Crippen LogP contribution in [-0.4, -0.2) is 26.1 Å². The molecule has 1 rings (SSSR count). The first-order chi connectivity index (χ1) is 7.51. The van der Waals surface area contributed by atoms with Crippen LogP contribution in [-0.2, 0) is 4.43 Å². The van der Waals surface area contributed by atoms with Gasteiger partial charge in [-0.15, -0.1) is 0 Å². The van der Waals surface area contributed by atoms with Crippen LogP contribution in [0, 0.1) is 0 Å². The van der Waals surface area contributed by atoms with Crippen molar-refractivity contribution in [2.24, 2.45) is 0 Å². The van der Waals surface area contributed by atoms with Crippen LogP contribution in [0.2, 0.25) is 13.1 Å². The summed E-state index contributed by atoms with van der Waals surface area (Å²) in [6.07, 6.45) is 1.63. The van der Waals surface area contributed by atoms with E-state index >= 15 is 0 Å². The van der Waals surface area contributed by atoms with Gasteiger partial charge in [-0.05, 0) is 38.3 Å². The van der Waals surface area contributed by atoms with Gasteiger partial charge in [0, 0.05) is 0 Å². The van der Waals surface area contributed by atoms with Gasteiger partial charge in [0.1, 0.15) is 5.76 Å². The predicted octanol–water partition coefficient (Wildman–Crippen LogP) is 3.31. The first kappa shape index (κ1) is 13.1. The highest BCUT2D eigenvalue weighted by Crippen LogP contribution is 2.21. The zero-order valence-corrected chi connectivity index (χ0v) is 11.6. The topological polar surface area (TPSA) is 25.6 Å². The van der Waals surface area contributed by atoms with Gasteiger partial charge in [0.05, 0.1) is 6.26 Å². The molecule has 0 N–H and O–H groups in total. The summed E-state index contributed by atoms with van der Waals surface area (Å²) < 4.78 is 13.6. The Morgan fingerprint density at radius 1 is 1.44 bits per heavy atom. The van der Waals surface area contributed by atoms with Gasteiger partial charge < -0.3 is 8.84 Å². The van der Waals surface area contributed by atoms with E-state index in [9.17, 15) is 0 Å². The number of furan rings is 1. The van der Waals surface area contributed by atoms with Gasteiger partial charge in [-0.25, -0.2) is 0 Å². The minimum atomic E-state index is -1.88. The fourth-order valence-corrected chi connectivity index (χ4v) is 4.19. The second-order valence-corrected chi connectivity index (χ2v) is 7.85. The highest BCUT2D eigenvalue weighted by Gasteiger charge is 2.32. The molecule has 16 heavy (non-hydrogen) atoms. The highest BCUT2D eigenvalue weighted by atomic mass is 28.4. The third-order valence-electron chi connectivity index (χ3n) is 2.69. The number of nitrogens with zero attached hydrogens (tertiary/aromatic N) is 1. The van der Waals surface area contributed by atoms with Crippen molar-refractivity contribution in [2.45, 2.75) is 26.9 Å². The fourth-order valence-electron chi connectivity index (χ4n) is 1.84. The molecule has 0 atom stereocenters. The van der Waals surface area contributed by atoms with E-state index in [1.807, 2.05) is 12.1 Å². The van der Waals surface area contributed by atoms with E-state index < -0.39 is 8.48 Å². The molecule has 1 heterocycles. The Labute approximate surface area is 98.9 Å². The summed E-state index contributed by atoms with van der Waals surface area (Å²) in [6, 6.07) is 3.71. The van der Waals surface area contributed by atoms with Crippen molar-refractivity contribution in [1.82, 2.24) is 4.57 Å². The van der Waals surface area contributed by atoms with E-state index in [4.69, 9.17) is 8.84 Å². The smallest absolute Gasteiger partial charge is 0.325 e. The van der Waals surface area contributed by atoms with Crippen LogP contribution in [0.25, 0.3) is 5.76 Å². The predicted molar refractivity (Wildman–Crippen MR) is 69.2 cm³/mol. The molecule has 0 radical (unpaired) electrons. The first-order valence-electron chi connectivity index (χ1n) is 5.68. The van der Waals surface area contributed by atoms with Gasteiger partial charge in [-0.1, -0.05) is 20.4 Å². The Hall–Kier alpha value is -1.00. The maximum absolute atomic E-state index is 6.00. The Balaban J connectivity index is 2.69. The van der Waals surface area contributed by atoms with E-state index in [1.165, 1.54) is 0 Å². The molecule has 0 amide bonds. The lowest BCUT2D eigenvalue weighted by atomic mass is 10.4. The molecule has 0 spiro atoms. The highest BCUT2D eigenvalue weighted by molar-refractivity contribution is 6.69. The summed E-state index contributed by atoms with van der Waals surface area (Å²) in [5.74, 6) is 1.35. The van der Waals surface area contributed by atoms with Crippen molar-refractivity contribution >= 4 is 14.2 Å². The molecule has 0 aliphatic carbocycles. The molecule has 0 saturated heterocycles. The van der Waals surface area contributed by atoms with Crippen LogP contribution in [0.4, 0.5) is 0 Å². The summed E-state index contributed by atoms with van der Waals surface area (Å²) in [5.41, 5.74) is 0. The number of hydrogen-bond acceptors (Lipinski definition) is 3. The van der Waals surface area contributed by atoms with Gasteiger partial charge in [0.25, 0.3) is 0 Å². The Morgan fingerprint density at radius 2 is 2.06 bits per heavy atom. The Bertz CT molecular complexity index is 329. The van der Waals surface area contributed by atoms with Gasteiger partial charge in [0.15, 0.2) is 5.76 Å². The molecule has 1 aromatic heterocycles. The quantitative estimate of drug-likeness (QED) is 0.562. The molecule has 0 aliphatic rings. The van der Waals surface area contributed by atoms with Crippen molar-refractivity contribution in [1.29, 1.82) is 0 Å². The Morgan fingerprint density at radius 3 is 2.50 bits per heavy atom. The van der Waals surface area contributed by atoms with Crippen LogP contribution in [0.15, 0.2) is 29.4 Å². The second-order valence-electron chi connectivity index (χ2n) is 4.12. The summed E-state index contributed by atoms with van der Waals surface area (Å²) in [5, 5.41) is 0. The third kappa shape index (κ3) is 2.99. The molecule has 0 aliphatic heterocycles. The first-order valence-corrected chi connectivity index (χ1v) is 8.53. The maximum Gasteiger partial charge on any atom is 0.325 e. The van der Waals surface area contributed by atoms with E-state index in [2.05, 4.69) is 38.1 Å². The average molecular weight is 239 g/mol. The van der Waals surface area contributed by atoms with Crippen LogP contribution in [0.3, 0.4) is 0 Å². The molecule has 90 valence electrons. The van der Waals surface area contributed by atoms with Gasteiger partial charge in [0.2, 0.25) is 0 Å². The number of hydrogen-bond donors (Lipinski definition) is 0. The zero-order valence-electron chi connectivity index (χ0n) is 10.6. The van der Waals surface area contributed by atoms with Crippen molar-refractivity contribution in [3.63, 3.8) is 0 Å². The average Bonchev–Trinajstić information content (AvgIpc) is 2.70. The molecular formula is C12H21NO2Si.